The van der Waals surface area contributed by atoms with Crippen molar-refractivity contribution in [3.05, 3.63) is 34.0 Å². The highest BCUT2D eigenvalue weighted by molar-refractivity contribution is 6.29. The maximum absolute atomic E-state index is 12.4. The molecule has 12 heteroatoms. The van der Waals surface area contributed by atoms with Gasteiger partial charge in [-0.15, -0.1) is 5.10 Å². The van der Waals surface area contributed by atoms with Gasteiger partial charge in [0, 0.05) is 29.6 Å². The smallest absolute Gasteiger partial charge is 0.254 e. The number of fused-ring (bicyclic) bond motifs is 1. The molecule has 0 aliphatic rings. The second kappa shape index (κ2) is 8.31. The van der Waals surface area contributed by atoms with Gasteiger partial charge in [0.05, 0.1) is 6.42 Å². The zero-order chi connectivity index (χ0) is 20.3. The van der Waals surface area contributed by atoms with E-state index in [0.717, 1.165) is 11.3 Å². The lowest BCUT2D eigenvalue weighted by Gasteiger charge is -2.12. The standard InChI is InChI=1S/C16H20ClN9O2/c1-4-28-7-13-20-11(17)6-12(21-13)23-24-14(27)5-10-8(2)19-16-22-15(18)25-26(16)9(10)3/h6H,4-5,7H2,1-3H3,(H2,18,25)(H,24,27)(H,20,21,23). The highest BCUT2D eigenvalue weighted by atomic mass is 35.5. The van der Waals surface area contributed by atoms with Gasteiger partial charge in [0.25, 0.3) is 5.78 Å². The number of nitrogens with zero attached hydrogens (tertiary/aromatic N) is 6. The zero-order valence-electron chi connectivity index (χ0n) is 15.7. The monoisotopic (exact) mass is 405 g/mol. The van der Waals surface area contributed by atoms with Gasteiger partial charge in [0.2, 0.25) is 11.9 Å². The van der Waals surface area contributed by atoms with Crippen LogP contribution in [0.3, 0.4) is 0 Å². The third-order valence-electron chi connectivity index (χ3n) is 3.91. The van der Waals surface area contributed by atoms with Crippen molar-refractivity contribution >= 4 is 35.1 Å². The molecular weight excluding hydrogens is 386 g/mol. The number of halogens is 1. The first kappa shape index (κ1) is 19.7. The minimum absolute atomic E-state index is 0.0813. The van der Waals surface area contributed by atoms with Crippen LogP contribution in [0.25, 0.3) is 5.78 Å². The fourth-order valence-electron chi connectivity index (χ4n) is 2.60. The number of amides is 1. The summed E-state index contributed by atoms with van der Waals surface area (Å²) in [5.41, 5.74) is 13.1. The molecule has 0 aromatic carbocycles. The van der Waals surface area contributed by atoms with Gasteiger partial charge in [-0.2, -0.15) is 9.50 Å². The molecule has 0 saturated carbocycles. The number of aromatic nitrogens is 6. The minimum Gasteiger partial charge on any atom is -0.374 e. The number of nitrogen functional groups attached to an aromatic ring is 1. The summed E-state index contributed by atoms with van der Waals surface area (Å²) in [5.74, 6) is 1.00. The van der Waals surface area contributed by atoms with E-state index in [4.69, 9.17) is 22.1 Å². The zero-order valence-corrected chi connectivity index (χ0v) is 16.4. The fourth-order valence-corrected chi connectivity index (χ4v) is 2.81. The maximum Gasteiger partial charge on any atom is 0.254 e. The van der Waals surface area contributed by atoms with E-state index < -0.39 is 0 Å². The van der Waals surface area contributed by atoms with Gasteiger partial charge >= 0.3 is 0 Å². The Morgan fingerprint density at radius 2 is 2.07 bits per heavy atom. The summed E-state index contributed by atoms with van der Waals surface area (Å²) in [6.07, 6.45) is 0.0813. The Balaban J connectivity index is 1.70. The van der Waals surface area contributed by atoms with E-state index in [1.807, 2.05) is 13.8 Å². The van der Waals surface area contributed by atoms with Crippen LogP contribution in [-0.2, 0) is 22.6 Å². The summed E-state index contributed by atoms with van der Waals surface area (Å²) < 4.78 is 6.79. The number of carbonyl (C=O) groups excluding carboxylic acids is 1. The predicted molar refractivity (Wildman–Crippen MR) is 103 cm³/mol. The topological polar surface area (TPSA) is 145 Å². The molecule has 1 amide bonds. The third kappa shape index (κ3) is 4.43. The van der Waals surface area contributed by atoms with Gasteiger partial charge in [-0.25, -0.2) is 15.0 Å². The highest BCUT2D eigenvalue weighted by Gasteiger charge is 2.15. The van der Waals surface area contributed by atoms with Gasteiger partial charge < -0.3 is 10.5 Å². The van der Waals surface area contributed by atoms with Gasteiger partial charge in [0.1, 0.15) is 17.6 Å². The van der Waals surface area contributed by atoms with Crippen molar-refractivity contribution in [2.45, 2.75) is 33.8 Å². The van der Waals surface area contributed by atoms with Crippen LogP contribution in [-0.4, -0.2) is 42.1 Å². The van der Waals surface area contributed by atoms with Crippen LogP contribution in [0.2, 0.25) is 5.15 Å². The average Bonchev–Trinajstić information content (AvgIpc) is 3.01. The molecule has 4 N–H and O–H groups in total. The Bertz CT molecular complexity index is 1020. The lowest BCUT2D eigenvalue weighted by molar-refractivity contribution is -0.120. The van der Waals surface area contributed by atoms with E-state index in [2.05, 4.69) is 35.9 Å². The number of aryl methyl sites for hydroxylation is 2. The molecule has 0 saturated heterocycles. The predicted octanol–water partition coefficient (Wildman–Crippen LogP) is 0.989. The molecule has 3 rings (SSSR count). The van der Waals surface area contributed by atoms with E-state index in [-0.39, 0.29) is 30.0 Å². The van der Waals surface area contributed by atoms with Crippen molar-refractivity contribution in [3.8, 4) is 0 Å². The number of anilines is 2. The minimum atomic E-state index is -0.290. The van der Waals surface area contributed by atoms with Gasteiger partial charge in [0.15, 0.2) is 5.82 Å². The number of ether oxygens (including phenoxy) is 1. The quantitative estimate of drug-likeness (QED) is 0.386. The van der Waals surface area contributed by atoms with Crippen LogP contribution in [0.4, 0.5) is 11.8 Å². The van der Waals surface area contributed by atoms with Gasteiger partial charge in [-0.05, 0) is 20.8 Å². The van der Waals surface area contributed by atoms with Crippen LogP contribution in [0, 0.1) is 13.8 Å². The Kier molecular flexibility index (Phi) is 5.85. The number of nitrogens with two attached hydrogens (primary N) is 1. The van der Waals surface area contributed by atoms with Crippen LogP contribution in [0.5, 0.6) is 0 Å². The number of hydrazine groups is 1. The molecule has 3 aromatic heterocycles. The Morgan fingerprint density at radius 3 is 2.82 bits per heavy atom. The second-order valence-corrected chi connectivity index (χ2v) is 6.31. The molecule has 3 aromatic rings. The first-order chi connectivity index (χ1) is 13.4. The number of hydrogen-bond donors (Lipinski definition) is 3. The summed E-state index contributed by atoms with van der Waals surface area (Å²) in [6, 6.07) is 1.50. The molecule has 28 heavy (non-hydrogen) atoms. The van der Waals surface area contributed by atoms with E-state index >= 15 is 0 Å². The fraction of sp³-hybridized carbons (Fsp3) is 0.375. The van der Waals surface area contributed by atoms with E-state index in [9.17, 15) is 4.79 Å². The second-order valence-electron chi connectivity index (χ2n) is 5.92. The van der Waals surface area contributed by atoms with Crippen LogP contribution in [0.15, 0.2) is 6.07 Å². The molecule has 148 valence electrons. The molecular formula is C16H20ClN9O2. The molecule has 0 radical (unpaired) electrons. The van der Waals surface area contributed by atoms with Gasteiger partial charge in [-0.1, -0.05) is 11.6 Å². The lowest BCUT2D eigenvalue weighted by Crippen LogP contribution is -2.32. The van der Waals surface area contributed by atoms with Crippen molar-refractivity contribution in [2.24, 2.45) is 0 Å². The van der Waals surface area contributed by atoms with Crippen LogP contribution >= 0.6 is 11.6 Å². The first-order valence-corrected chi connectivity index (χ1v) is 8.89. The molecule has 0 unspecified atom stereocenters. The number of rotatable bonds is 7. The third-order valence-corrected chi connectivity index (χ3v) is 4.10. The first-order valence-electron chi connectivity index (χ1n) is 8.51. The maximum atomic E-state index is 12.4. The van der Waals surface area contributed by atoms with Crippen molar-refractivity contribution in [1.29, 1.82) is 0 Å². The molecule has 3 heterocycles. The molecule has 0 fully saturated rings. The molecule has 0 bridgehead atoms. The Labute approximate surface area is 165 Å². The molecule has 0 atom stereocenters. The summed E-state index contributed by atoms with van der Waals surface area (Å²) in [7, 11) is 0. The van der Waals surface area contributed by atoms with Crippen molar-refractivity contribution in [1.82, 2.24) is 35.0 Å². The Hall–Kier alpha value is -3.05. The molecule has 0 spiro atoms. The van der Waals surface area contributed by atoms with E-state index in [1.54, 1.807) is 6.92 Å². The van der Waals surface area contributed by atoms with Crippen molar-refractivity contribution in [2.75, 3.05) is 17.8 Å². The highest BCUT2D eigenvalue weighted by Crippen LogP contribution is 2.15. The number of nitrogens with one attached hydrogen (secondary N) is 2. The summed E-state index contributed by atoms with van der Waals surface area (Å²) in [4.78, 5) is 29.1. The molecule has 0 aliphatic carbocycles. The molecule has 0 aliphatic heterocycles. The summed E-state index contributed by atoms with van der Waals surface area (Å²) >= 11 is 5.98. The lowest BCUT2D eigenvalue weighted by atomic mass is 10.1. The average molecular weight is 406 g/mol. The Morgan fingerprint density at radius 1 is 1.29 bits per heavy atom. The van der Waals surface area contributed by atoms with Crippen LogP contribution < -0.4 is 16.6 Å². The van der Waals surface area contributed by atoms with E-state index in [0.29, 0.717) is 29.7 Å². The molecule has 11 nitrogen and oxygen atoms in total. The number of hydrogen-bond acceptors (Lipinski definition) is 9. The van der Waals surface area contributed by atoms with Gasteiger partial charge in [-0.3, -0.25) is 15.6 Å². The van der Waals surface area contributed by atoms with E-state index in [1.165, 1.54) is 10.6 Å². The van der Waals surface area contributed by atoms with Crippen molar-refractivity contribution < 1.29 is 9.53 Å². The van der Waals surface area contributed by atoms with Crippen LogP contribution in [0.1, 0.15) is 29.7 Å². The SMILES string of the molecule is CCOCc1nc(Cl)cc(NNC(=O)Cc2c(C)nc3nc(N)nn3c2C)n1. The summed E-state index contributed by atoms with van der Waals surface area (Å²) in [5, 5.41) is 4.33. The van der Waals surface area contributed by atoms with Crippen molar-refractivity contribution in [3.63, 3.8) is 0 Å². The number of carbonyl (C=O) groups is 1. The largest absolute Gasteiger partial charge is 0.374 e. The summed E-state index contributed by atoms with van der Waals surface area (Å²) in [6.45, 7) is 6.26. The normalized spacial score (nSPS) is 11.0.